The molecule has 3 heteroatoms. The molecule has 2 heterocycles. The van der Waals surface area contributed by atoms with Crippen LogP contribution in [0, 0.1) is 11.8 Å². The van der Waals surface area contributed by atoms with Crippen LogP contribution in [0.15, 0.2) is 12.4 Å². The average molecular weight is 207 g/mol. The monoisotopic (exact) mass is 207 g/mol. The van der Waals surface area contributed by atoms with Crippen molar-refractivity contribution in [3.63, 3.8) is 0 Å². The summed E-state index contributed by atoms with van der Waals surface area (Å²) in [6.07, 6.45) is 5.45. The predicted molar refractivity (Wildman–Crippen MR) is 61.8 cm³/mol. The summed E-state index contributed by atoms with van der Waals surface area (Å²) in [5.74, 6) is 2.19. The van der Waals surface area contributed by atoms with E-state index >= 15 is 0 Å². The van der Waals surface area contributed by atoms with E-state index in [0.717, 1.165) is 24.9 Å². The second-order valence-corrected chi connectivity index (χ2v) is 4.95. The standard InChI is InChI=1S/C12H21N3/c1-9(2)12-7-13-5-4-11(12)10-6-14-15(3)8-10/h6,8-9,11-13H,4-5,7H2,1-3H3. The highest BCUT2D eigenvalue weighted by atomic mass is 15.2. The summed E-state index contributed by atoms with van der Waals surface area (Å²) in [6.45, 7) is 6.93. The van der Waals surface area contributed by atoms with Crippen molar-refractivity contribution in [3.8, 4) is 0 Å². The Morgan fingerprint density at radius 1 is 1.53 bits per heavy atom. The summed E-state index contributed by atoms with van der Waals surface area (Å²) >= 11 is 0. The smallest absolute Gasteiger partial charge is 0.0524 e. The summed E-state index contributed by atoms with van der Waals surface area (Å²) in [7, 11) is 1.99. The normalized spacial score (nSPS) is 27.2. The lowest BCUT2D eigenvalue weighted by atomic mass is 9.76. The third-order valence-electron chi connectivity index (χ3n) is 3.54. The molecule has 0 radical (unpaired) electrons. The molecule has 1 aliphatic rings. The maximum atomic E-state index is 4.28. The minimum atomic E-state index is 0.694. The molecule has 0 bridgehead atoms. The molecule has 1 N–H and O–H groups in total. The van der Waals surface area contributed by atoms with E-state index in [1.807, 2.05) is 17.9 Å². The first-order chi connectivity index (χ1) is 7.18. The Balaban J connectivity index is 2.17. The number of hydrogen-bond acceptors (Lipinski definition) is 2. The quantitative estimate of drug-likeness (QED) is 0.801. The molecule has 15 heavy (non-hydrogen) atoms. The molecule has 3 nitrogen and oxygen atoms in total. The number of hydrogen-bond donors (Lipinski definition) is 1. The van der Waals surface area contributed by atoms with Crippen LogP contribution in [0.4, 0.5) is 0 Å². The van der Waals surface area contributed by atoms with Gasteiger partial charge in [0.1, 0.15) is 0 Å². The molecule has 1 saturated heterocycles. The van der Waals surface area contributed by atoms with E-state index in [1.54, 1.807) is 0 Å². The molecule has 0 aliphatic carbocycles. The Kier molecular flexibility index (Phi) is 3.10. The van der Waals surface area contributed by atoms with Crippen LogP contribution in [-0.4, -0.2) is 22.9 Å². The lowest BCUT2D eigenvalue weighted by molar-refractivity contribution is 0.255. The van der Waals surface area contributed by atoms with Crippen LogP contribution >= 0.6 is 0 Å². The lowest BCUT2D eigenvalue weighted by Crippen LogP contribution is -2.37. The van der Waals surface area contributed by atoms with E-state index in [0.29, 0.717) is 5.92 Å². The molecule has 0 saturated carbocycles. The Labute approximate surface area is 91.9 Å². The summed E-state index contributed by atoms with van der Waals surface area (Å²) in [6, 6.07) is 0. The number of aryl methyl sites for hydroxylation is 1. The maximum absolute atomic E-state index is 4.28. The number of nitrogens with zero attached hydrogens (tertiary/aromatic N) is 2. The van der Waals surface area contributed by atoms with Crippen molar-refractivity contribution in [1.29, 1.82) is 0 Å². The first-order valence-corrected chi connectivity index (χ1v) is 5.87. The first-order valence-electron chi connectivity index (χ1n) is 5.87. The zero-order valence-corrected chi connectivity index (χ0v) is 9.90. The molecule has 0 spiro atoms. The molecule has 2 rings (SSSR count). The molecule has 2 atom stereocenters. The minimum absolute atomic E-state index is 0.694. The second-order valence-electron chi connectivity index (χ2n) is 4.95. The van der Waals surface area contributed by atoms with Gasteiger partial charge >= 0.3 is 0 Å². The van der Waals surface area contributed by atoms with Crippen LogP contribution in [-0.2, 0) is 7.05 Å². The fraction of sp³-hybridized carbons (Fsp3) is 0.750. The van der Waals surface area contributed by atoms with Crippen LogP contribution in [0.5, 0.6) is 0 Å². The fourth-order valence-corrected chi connectivity index (χ4v) is 2.63. The Morgan fingerprint density at radius 2 is 2.33 bits per heavy atom. The van der Waals surface area contributed by atoms with E-state index in [-0.39, 0.29) is 0 Å². The zero-order chi connectivity index (χ0) is 10.8. The van der Waals surface area contributed by atoms with Crippen molar-refractivity contribution >= 4 is 0 Å². The average Bonchev–Trinajstić information content (AvgIpc) is 2.65. The van der Waals surface area contributed by atoms with Gasteiger partial charge in [0.15, 0.2) is 0 Å². The van der Waals surface area contributed by atoms with E-state index in [4.69, 9.17) is 0 Å². The molecule has 0 aromatic carbocycles. The van der Waals surface area contributed by atoms with Gasteiger partial charge in [-0.25, -0.2) is 0 Å². The SMILES string of the molecule is CC(C)C1CNCCC1c1cnn(C)c1. The molecular weight excluding hydrogens is 186 g/mol. The third-order valence-corrected chi connectivity index (χ3v) is 3.54. The van der Waals surface area contributed by atoms with Crippen LogP contribution in [0.1, 0.15) is 31.7 Å². The van der Waals surface area contributed by atoms with E-state index in [2.05, 4.69) is 30.5 Å². The molecule has 1 fully saturated rings. The van der Waals surface area contributed by atoms with Crippen molar-refractivity contribution < 1.29 is 0 Å². The van der Waals surface area contributed by atoms with Gasteiger partial charge in [-0.15, -0.1) is 0 Å². The second kappa shape index (κ2) is 4.35. The van der Waals surface area contributed by atoms with Gasteiger partial charge in [-0.2, -0.15) is 5.10 Å². The number of rotatable bonds is 2. The molecule has 1 aromatic heterocycles. The van der Waals surface area contributed by atoms with Crippen molar-refractivity contribution in [2.45, 2.75) is 26.2 Å². The number of nitrogens with one attached hydrogen (secondary N) is 1. The Bertz CT molecular complexity index is 316. The fourth-order valence-electron chi connectivity index (χ4n) is 2.63. The van der Waals surface area contributed by atoms with E-state index < -0.39 is 0 Å². The molecule has 84 valence electrons. The zero-order valence-electron chi connectivity index (χ0n) is 9.90. The van der Waals surface area contributed by atoms with Gasteiger partial charge in [0, 0.05) is 13.2 Å². The Morgan fingerprint density at radius 3 is 2.93 bits per heavy atom. The van der Waals surface area contributed by atoms with E-state index in [9.17, 15) is 0 Å². The lowest BCUT2D eigenvalue weighted by Gasteiger charge is -2.34. The van der Waals surface area contributed by atoms with Gasteiger partial charge in [-0.3, -0.25) is 4.68 Å². The van der Waals surface area contributed by atoms with Gasteiger partial charge < -0.3 is 5.32 Å². The summed E-state index contributed by atoms with van der Waals surface area (Å²) < 4.78 is 1.91. The number of aromatic nitrogens is 2. The van der Waals surface area contributed by atoms with Crippen LogP contribution < -0.4 is 5.32 Å². The van der Waals surface area contributed by atoms with E-state index in [1.165, 1.54) is 12.0 Å². The van der Waals surface area contributed by atoms with Gasteiger partial charge in [0.25, 0.3) is 0 Å². The van der Waals surface area contributed by atoms with Crippen molar-refractivity contribution in [3.05, 3.63) is 18.0 Å². The highest BCUT2D eigenvalue weighted by molar-refractivity contribution is 5.14. The van der Waals surface area contributed by atoms with Crippen molar-refractivity contribution in [2.24, 2.45) is 18.9 Å². The first kappa shape index (κ1) is 10.7. The highest BCUT2D eigenvalue weighted by Crippen LogP contribution is 2.34. The summed E-state index contributed by atoms with van der Waals surface area (Å²) in [5.41, 5.74) is 1.41. The largest absolute Gasteiger partial charge is 0.316 e. The van der Waals surface area contributed by atoms with Crippen LogP contribution in [0.25, 0.3) is 0 Å². The van der Waals surface area contributed by atoms with Crippen molar-refractivity contribution in [2.75, 3.05) is 13.1 Å². The van der Waals surface area contributed by atoms with Crippen molar-refractivity contribution in [1.82, 2.24) is 15.1 Å². The molecule has 1 aromatic rings. The molecule has 1 aliphatic heterocycles. The molecular formula is C12H21N3. The Hall–Kier alpha value is -0.830. The van der Waals surface area contributed by atoms with Gasteiger partial charge in [-0.1, -0.05) is 13.8 Å². The topological polar surface area (TPSA) is 29.9 Å². The number of piperidine rings is 1. The third kappa shape index (κ3) is 2.23. The van der Waals surface area contributed by atoms with Gasteiger partial charge in [0.2, 0.25) is 0 Å². The summed E-state index contributed by atoms with van der Waals surface area (Å²) in [5, 5.41) is 7.78. The minimum Gasteiger partial charge on any atom is -0.316 e. The predicted octanol–water partition coefficient (Wildman–Crippen LogP) is 1.77. The van der Waals surface area contributed by atoms with Crippen LogP contribution in [0.2, 0.25) is 0 Å². The highest BCUT2D eigenvalue weighted by Gasteiger charge is 2.29. The molecule has 0 amide bonds. The summed E-state index contributed by atoms with van der Waals surface area (Å²) in [4.78, 5) is 0. The van der Waals surface area contributed by atoms with Crippen LogP contribution in [0.3, 0.4) is 0 Å². The molecule has 2 unspecified atom stereocenters. The van der Waals surface area contributed by atoms with Gasteiger partial charge in [-0.05, 0) is 42.8 Å². The maximum Gasteiger partial charge on any atom is 0.0524 e. The van der Waals surface area contributed by atoms with Gasteiger partial charge in [0.05, 0.1) is 6.20 Å².